The molecule has 1 aliphatic rings. The summed E-state index contributed by atoms with van der Waals surface area (Å²) in [6, 6.07) is 15.7. The van der Waals surface area contributed by atoms with Gasteiger partial charge >= 0.3 is 0 Å². The van der Waals surface area contributed by atoms with Crippen LogP contribution in [-0.4, -0.2) is 26.0 Å². The van der Waals surface area contributed by atoms with E-state index in [1.54, 1.807) is 0 Å². The zero-order chi connectivity index (χ0) is 15.8. The van der Waals surface area contributed by atoms with Crippen molar-refractivity contribution in [1.82, 2.24) is 20.1 Å². The predicted molar refractivity (Wildman–Crippen MR) is 86.6 cm³/mol. The fourth-order valence-corrected chi connectivity index (χ4v) is 2.92. The van der Waals surface area contributed by atoms with Crippen LogP contribution < -0.4 is 0 Å². The average Bonchev–Trinajstić information content (AvgIpc) is 3.20. The summed E-state index contributed by atoms with van der Waals surface area (Å²) < 4.78 is 0. The molecule has 0 atom stereocenters. The van der Waals surface area contributed by atoms with Crippen molar-refractivity contribution in [3.63, 3.8) is 0 Å². The number of rotatable bonds is 2. The number of aromatic amines is 1. The first kappa shape index (κ1) is 13.7. The Kier molecular flexibility index (Phi) is 3.19. The first-order valence-electron chi connectivity index (χ1n) is 7.56. The number of hydrogen-bond acceptors (Lipinski definition) is 3. The maximum atomic E-state index is 12.8. The summed E-state index contributed by atoms with van der Waals surface area (Å²) in [6.07, 6.45) is 0. The van der Waals surface area contributed by atoms with Crippen LogP contribution >= 0.6 is 0 Å². The topological polar surface area (TPSA) is 61.9 Å². The van der Waals surface area contributed by atoms with Crippen LogP contribution in [0.1, 0.15) is 27.3 Å². The highest BCUT2D eigenvalue weighted by Gasteiger charge is 2.24. The maximum Gasteiger partial charge on any atom is 0.254 e. The normalized spacial score (nSPS) is 13.2. The third kappa shape index (κ3) is 2.50. The molecule has 0 fully saturated rings. The largest absolute Gasteiger partial charge is 0.330 e. The van der Waals surface area contributed by atoms with Gasteiger partial charge in [0, 0.05) is 24.2 Å². The van der Waals surface area contributed by atoms with Gasteiger partial charge in [-0.05, 0) is 30.2 Å². The highest BCUT2D eigenvalue weighted by atomic mass is 16.2. The van der Waals surface area contributed by atoms with Crippen LogP contribution in [0.4, 0.5) is 0 Å². The molecule has 0 saturated carbocycles. The van der Waals surface area contributed by atoms with Gasteiger partial charge in [-0.25, -0.2) is 4.98 Å². The number of carbonyl (C=O) groups is 1. The molecule has 114 valence electrons. The van der Waals surface area contributed by atoms with E-state index < -0.39 is 0 Å². The number of amides is 1. The Bertz CT molecular complexity index is 859. The highest BCUT2D eigenvalue weighted by Crippen LogP contribution is 2.25. The number of carbonyl (C=O) groups excluding carboxylic acids is 1. The molecule has 0 unspecified atom stereocenters. The zero-order valence-electron chi connectivity index (χ0n) is 12.8. The van der Waals surface area contributed by atoms with Gasteiger partial charge in [-0.15, -0.1) is 0 Å². The number of fused-ring (bicyclic) bond motifs is 1. The number of nitrogens with one attached hydrogen (secondary N) is 1. The van der Waals surface area contributed by atoms with E-state index in [4.69, 9.17) is 0 Å². The molecule has 5 nitrogen and oxygen atoms in total. The van der Waals surface area contributed by atoms with Crippen molar-refractivity contribution in [2.24, 2.45) is 0 Å². The van der Waals surface area contributed by atoms with Gasteiger partial charge in [0.25, 0.3) is 5.91 Å². The van der Waals surface area contributed by atoms with E-state index in [0.29, 0.717) is 24.5 Å². The summed E-state index contributed by atoms with van der Waals surface area (Å²) in [5, 5.41) is 6.98. The van der Waals surface area contributed by atoms with Crippen LogP contribution in [0.2, 0.25) is 0 Å². The fourth-order valence-electron chi connectivity index (χ4n) is 2.92. The molecule has 0 bridgehead atoms. The standard InChI is InChI=1S/C18H16N4O/c1-12-19-17(21-20-12)13-7-4-8-14(9-13)18(23)22-10-15-5-2-3-6-16(15)11-22/h2-9H,10-11H2,1H3,(H,19,20,21). The van der Waals surface area contributed by atoms with Crippen molar-refractivity contribution in [1.29, 1.82) is 0 Å². The van der Waals surface area contributed by atoms with Crippen molar-refractivity contribution in [3.05, 3.63) is 71.0 Å². The number of aryl methyl sites for hydroxylation is 1. The second-order valence-electron chi connectivity index (χ2n) is 5.76. The zero-order valence-corrected chi connectivity index (χ0v) is 12.8. The summed E-state index contributed by atoms with van der Waals surface area (Å²) in [7, 11) is 0. The molecule has 5 heteroatoms. The van der Waals surface area contributed by atoms with Crippen LogP contribution in [0, 0.1) is 6.92 Å². The van der Waals surface area contributed by atoms with Gasteiger partial charge in [0.15, 0.2) is 5.82 Å². The summed E-state index contributed by atoms with van der Waals surface area (Å²) >= 11 is 0. The lowest BCUT2D eigenvalue weighted by Gasteiger charge is -2.15. The Balaban J connectivity index is 1.60. The first-order valence-corrected chi connectivity index (χ1v) is 7.56. The van der Waals surface area contributed by atoms with Crippen LogP contribution in [-0.2, 0) is 13.1 Å². The summed E-state index contributed by atoms with van der Waals surface area (Å²) in [5.74, 6) is 1.41. The molecule has 0 aliphatic carbocycles. The third-order valence-corrected chi connectivity index (χ3v) is 4.09. The fraction of sp³-hybridized carbons (Fsp3) is 0.167. The molecule has 1 aliphatic heterocycles. The van der Waals surface area contributed by atoms with Crippen molar-refractivity contribution in [3.8, 4) is 11.4 Å². The molecule has 2 heterocycles. The Morgan fingerprint density at radius 2 is 1.83 bits per heavy atom. The van der Waals surface area contributed by atoms with Gasteiger partial charge in [-0.2, -0.15) is 5.10 Å². The van der Waals surface area contributed by atoms with Crippen molar-refractivity contribution in [2.75, 3.05) is 0 Å². The van der Waals surface area contributed by atoms with E-state index in [-0.39, 0.29) is 5.91 Å². The van der Waals surface area contributed by atoms with Gasteiger partial charge in [0.1, 0.15) is 5.82 Å². The van der Waals surface area contributed by atoms with Gasteiger partial charge in [-0.1, -0.05) is 36.4 Å². The number of aromatic nitrogens is 3. The molecule has 4 rings (SSSR count). The number of benzene rings is 2. The van der Waals surface area contributed by atoms with E-state index in [0.717, 1.165) is 11.4 Å². The summed E-state index contributed by atoms with van der Waals surface area (Å²) in [5.41, 5.74) is 3.96. The van der Waals surface area contributed by atoms with Crippen LogP contribution in [0.25, 0.3) is 11.4 Å². The lowest BCUT2D eigenvalue weighted by Crippen LogP contribution is -2.25. The minimum Gasteiger partial charge on any atom is -0.330 e. The van der Waals surface area contributed by atoms with Gasteiger partial charge in [0.2, 0.25) is 0 Å². The molecule has 0 saturated heterocycles. The number of H-pyrrole nitrogens is 1. The molecular formula is C18H16N4O. The lowest BCUT2D eigenvalue weighted by atomic mass is 10.1. The molecule has 23 heavy (non-hydrogen) atoms. The van der Waals surface area contributed by atoms with E-state index in [1.807, 2.05) is 48.2 Å². The minimum absolute atomic E-state index is 0.0373. The van der Waals surface area contributed by atoms with Crippen LogP contribution in [0.5, 0.6) is 0 Å². The first-order chi connectivity index (χ1) is 11.2. The van der Waals surface area contributed by atoms with E-state index in [1.165, 1.54) is 11.1 Å². The third-order valence-electron chi connectivity index (χ3n) is 4.09. The molecular weight excluding hydrogens is 288 g/mol. The Labute approximate surface area is 134 Å². The van der Waals surface area contributed by atoms with E-state index >= 15 is 0 Å². The smallest absolute Gasteiger partial charge is 0.254 e. The maximum absolute atomic E-state index is 12.8. The monoisotopic (exact) mass is 304 g/mol. The minimum atomic E-state index is 0.0373. The Morgan fingerprint density at radius 1 is 1.09 bits per heavy atom. The van der Waals surface area contributed by atoms with E-state index in [2.05, 4.69) is 27.3 Å². The molecule has 0 radical (unpaired) electrons. The number of hydrogen-bond donors (Lipinski definition) is 1. The van der Waals surface area contributed by atoms with Gasteiger partial charge < -0.3 is 4.90 Å². The summed E-state index contributed by atoms with van der Waals surface area (Å²) in [4.78, 5) is 19.0. The predicted octanol–water partition coefficient (Wildman–Crippen LogP) is 2.94. The average molecular weight is 304 g/mol. The molecule has 1 aromatic heterocycles. The second kappa shape index (κ2) is 5.35. The van der Waals surface area contributed by atoms with Crippen molar-refractivity contribution in [2.45, 2.75) is 20.0 Å². The molecule has 1 N–H and O–H groups in total. The number of nitrogens with zero attached hydrogens (tertiary/aromatic N) is 3. The van der Waals surface area contributed by atoms with Gasteiger partial charge in [0.05, 0.1) is 0 Å². The SMILES string of the molecule is Cc1nc(-c2cccc(C(=O)N3Cc4ccccc4C3)c2)n[nH]1. The van der Waals surface area contributed by atoms with E-state index in [9.17, 15) is 4.79 Å². The van der Waals surface area contributed by atoms with Crippen molar-refractivity contribution < 1.29 is 4.79 Å². The lowest BCUT2D eigenvalue weighted by molar-refractivity contribution is 0.0751. The molecule has 0 spiro atoms. The Morgan fingerprint density at radius 3 is 2.48 bits per heavy atom. The molecule has 3 aromatic rings. The van der Waals surface area contributed by atoms with Crippen LogP contribution in [0.15, 0.2) is 48.5 Å². The summed E-state index contributed by atoms with van der Waals surface area (Å²) in [6.45, 7) is 3.19. The highest BCUT2D eigenvalue weighted by molar-refractivity contribution is 5.95. The quantitative estimate of drug-likeness (QED) is 0.792. The second-order valence-corrected chi connectivity index (χ2v) is 5.76. The van der Waals surface area contributed by atoms with Crippen LogP contribution in [0.3, 0.4) is 0 Å². The van der Waals surface area contributed by atoms with Crippen molar-refractivity contribution >= 4 is 5.91 Å². The molecule has 2 aromatic carbocycles. The van der Waals surface area contributed by atoms with Gasteiger partial charge in [-0.3, -0.25) is 9.89 Å². The molecule has 1 amide bonds. The Hall–Kier alpha value is -2.95.